The Labute approximate surface area is 115 Å². The van der Waals surface area contributed by atoms with E-state index < -0.39 is 0 Å². The third kappa shape index (κ3) is 4.78. The summed E-state index contributed by atoms with van der Waals surface area (Å²) in [6.07, 6.45) is 0. The molecule has 0 aliphatic rings. The Kier molecular flexibility index (Phi) is 5.61. The lowest BCUT2D eigenvalue weighted by Crippen LogP contribution is -2.35. The molecule has 0 radical (unpaired) electrons. The highest BCUT2D eigenvalue weighted by Gasteiger charge is 2.12. The van der Waals surface area contributed by atoms with Gasteiger partial charge in [-0.1, -0.05) is 18.2 Å². The number of aryl methyl sites for hydroxylation is 2. The van der Waals surface area contributed by atoms with Crippen molar-refractivity contribution in [3.05, 3.63) is 41.5 Å². The number of benzene rings is 1. The van der Waals surface area contributed by atoms with Crippen molar-refractivity contribution in [2.45, 2.75) is 27.7 Å². The van der Waals surface area contributed by atoms with Crippen LogP contribution >= 0.6 is 0 Å². The molecule has 0 N–H and O–H groups in total. The predicted molar refractivity (Wildman–Crippen MR) is 78.5 cm³/mol. The fourth-order valence-electron chi connectivity index (χ4n) is 1.74. The van der Waals surface area contributed by atoms with Crippen molar-refractivity contribution in [1.29, 1.82) is 0 Å². The normalized spacial score (nSPS) is 10.1. The highest BCUT2D eigenvalue weighted by atomic mass is 16.5. The van der Waals surface area contributed by atoms with Crippen LogP contribution in [0.4, 0.5) is 0 Å². The molecule has 0 heterocycles. The summed E-state index contributed by atoms with van der Waals surface area (Å²) in [7, 11) is 0. The molecule has 0 spiro atoms. The summed E-state index contributed by atoms with van der Waals surface area (Å²) in [6, 6.07) is 5.85. The lowest BCUT2D eigenvalue weighted by molar-refractivity contribution is -0.132. The number of hydrogen-bond donors (Lipinski definition) is 0. The van der Waals surface area contributed by atoms with E-state index in [4.69, 9.17) is 4.74 Å². The van der Waals surface area contributed by atoms with Gasteiger partial charge in [0.2, 0.25) is 0 Å². The zero-order valence-corrected chi connectivity index (χ0v) is 12.3. The van der Waals surface area contributed by atoms with Crippen molar-refractivity contribution in [3.63, 3.8) is 0 Å². The van der Waals surface area contributed by atoms with Gasteiger partial charge in [0.25, 0.3) is 5.91 Å². The molecule has 104 valence electrons. The Balaban J connectivity index is 2.57. The number of rotatable bonds is 6. The Morgan fingerprint density at radius 2 is 2.00 bits per heavy atom. The molecule has 1 rings (SSSR count). The van der Waals surface area contributed by atoms with E-state index in [9.17, 15) is 4.79 Å². The minimum atomic E-state index is -0.0104. The quantitative estimate of drug-likeness (QED) is 0.736. The first kappa shape index (κ1) is 15.3. The van der Waals surface area contributed by atoms with E-state index in [1.807, 2.05) is 39.0 Å². The molecule has 19 heavy (non-hydrogen) atoms. The second-order valence-electron chi connectivity index (χ2n) is 4.90. The second kappa shape index (κ2) is 6.98. The fourth-order valence-corrected chi connectivity index (χ4v) is 1.74. The minimum absolute atomic E-state index is 0.0104. The van der Waals surface area contributed by atoms with Crippen molar-refractivity contribution in [3.8, 4) is 5.75 Å². The molecule has 1 aromatic carbocycles. The molecule has 0 saturated carbocycles. The van der Waals surface area contributed by atoms with Crippen LogP contribution in [0.15, 0.2) is 30.4 Å². The van der Waals surface area contributed by atoms with E-state index in [-0.39, 0.29) is 12.5 Å². The van der Waals surface area contributed by atoms with Crippen molar-refractivity contribution in [2.24, 2.45) is 0 Å². The van der Waals surface area contributed by atoms with Crippen molar-refractivity contribution in [1.82, 2.24) is 4.90 Å². The second-order valence-corrected chi connectivity index (χ2v) is 4.90. The van der Waals surface area contributed by atoms with E-state index >= 15 is 0 Å². The maximum atomic E-state index is 12.0. The Bertz CT molecular complexity index is 466. The number of hydrogen-bond acceptors (Lipinski definition) is 2. The van der Waals surface area contributed by atoms with Crippen LogP contribution in [-0.2, 0) is 4.79 Å². The smallest absolute Gasteiger partial charge is 0.260 e. The summed E-state index contributed by atoms with van der Waals surface area (Å²) in [6.45, 7) is 13.1. The molecule has 0 aliphatic heterocycles. The highest BCUT2D eigenvalue weighted by molar-refractivity contribution is 5.78. The summed E-state index contributed by atoms with van der Waals surface area (Å²) in [5, 5.41) is 0. The molecule has 0 unspecified atom stereocenters. The molecule has 0 saturated heterocycles. The van der Waals surface area contributed by atoms with Gasteiger partial charge >= 0.3 is 0 Å². The largest absolute Gasteiger partial charge is 0.484 e. The van der Waals surface area contributed by atoms with E-state index in [0.29, 0.717) is 13.1 Å². The number of carbonyl (C=O) groups excluding carboxylic acids is 1. The van der Waals surface area contributed by atoms with Gasteiger partial charge in [-0.3, -0.25) is 4.79 Å². The van der Waals surface area contributed by atoms with E-state index in [1.54, 1.807) is 4.90 Å². The third-order valence-electron chi connectivity index (χ3n) is 3.04. The van der Waals surface area contributed by atoms with Crippen LogP contribution in [0.3, 0.4) is 0 Å². The molecule has 0 bridgehead atoms. The van der Waals surface area contributed by atoms with Crippen molar-refractivity contribution < 1.29 is 9.53 Å². The first-order valence-electron chi connectivity index (χ1n) is 6.56. The lowest BCUT2D eigenvalue weighted by Gasteiger charge is -2.21. The van der Waals surface area contributed by atoms with Crippen molar-refractivity contribution in [2.75, 3.05) is 19.7 Å². The fraction of sp³-hybridized carbons (Fsp3) is 0.438. The standard InChI is InChI=1S/C16H23NO2/c1-6-17(10-12(2)3)16(18)11-19-15-8-7-13(4)14(5)9-15/h7-9H,2,6,10-11H2,1,3-5H3. The van der Waals surface area contributed by atoms with Gasteiger partial charge in [-0.05, 0) is 51.0 Å². The predicted octanol–water partition coefficient (Wildman–Crippen LogP) is 3.11. The topological polar surface area (TPSA) is 29.5 Å². The Hall–Kier alpha value is -1.77. The number of carbonyl (C=O) groups is 1. The first-order chi connectivity index (χ1) is 8.93. The molecular formula is C16H23NO2. The van der Waals surface area contributed by atoms with Gasteiger partial charge in [0.15, 0.2) is 6.61 Å². The highest BCUT2D eigenvalue weighted by Crippen LogP contribution is 2.16. The van der Waals surface area contributed by atoms with Crippen LogP contribution in [0.5, 0.6) is 5.75 Å². The molecule has 0 aliphatic carbocycles. The van der Waals surface area contributed by atoms with Crippen LogP contribution in [0.25, 0.3) is 0 Å². The third-order valence-corrected chi connectivity index (χ3v) is 3.04. The average molecular weight is 261 g/mol. The number of likely N-dealkylation sites (N-methyl/N-ethyl adjacent to an activating group) is 1. The van der Waals surface area contributed by atoms with Gasteiger partial charge < -0.3 is 9.64 Å². The Morgan fingerprint density at radius 3 is 2.53 bits per heavy atom. The Morgan fingerprint density at radius 1 is 1.32 bits per heavy atom. The SMILES string of the molecule is C=C(C)CN(CC)C(=O)COc1ccc(C)c(C)c1. The molecule has 1 amide bonds. The van der Waals surface area contributed by atoms with Gasteiger partial charge in [0, 0.05) is 13.1 Å². The summed E-state index contributed by atoms with van der Waals surface area (Å²) < 4.78 is 5.55. The summed E-state index contributed by atoms with van der Waals surface area (Å²) in [5.41, 5.74) is 3.36. The van der Waals surface area contributed by atoms with Gasteiger partial charge in [-0.25, -0.2) is 0 Å². The van der Waals surface area contributed by atoms with E-state index in [0.717, 1.165) is 11.3 Å². The van der Waals surface area contributed by atoms with Crippen LogP contribution in [0.2, 0.25) is 0 Å². The van der Waals surface area contributed by atoms with Gasteiger partial charge in [0.05, 0.1) is 0 Å². The van der Waals surface area contributed by atoms with Crippen LogP contribution in [0, 0.1) is 13.8 Å². The first-order valence-corrected chi connectivity index (χ1v) is 6.56. The maximum Gasteiger partial charge on any atom is 0.260 e. The zero-order chi connectivity index (χ0) is 14.4. The van der Waals surface area contributed by atoms with E-state index in [2.05, 4.69) is 13.5 Å². The number of nitrogens with zero attached hydrogens (tertiary/aromatic N) is 1. The number of ether oxygens (including phenoxy) is 1. The maximum absolute atomic E-state index is 12.0. The molecule has 1 aromatic rings. The summed E-state index contributed by atoms with van der Waals surface area (Å²) in [4.78, 5) is 13.7. The van der Waals surface area contributed by atoms with Crippen LogP contribution in [-0.4, -0.2) is 30.5 Å². The molecule has 0 atom stereocenters. The molecule has 0 fully saturated rings. The summed E-state index contributed by atoms with van der Waals surface area (Å²) >= 11 is 0. The minimum Gasteiger partial charge on any atom is -0.484 e. The number of amides is 1. The monoisotopic (exact) mass is 261 g/mol. The van der Waals surface area contributed by atoms with E-state index in [1.165, 1.54) is 11.1 Å². The molecule has 3 heteroatoms. The van der Waals surface area contributed by atoms with Crippen LogP contribution < -0.4 is 4.74 Å². The van der Waals surface area contributed by atoms with Gasteiger partial charge in [-0.15, -0.1) is 0 Å². The average Bonchev–Trinajstić information content (AvgIpc) is 2.36. The van der Waals surface area contributed by atoms with Crippen LogP contribution in [0.1, 0.15) is 25.0 Å². The molecule has 0 aromatic heterocycles. The van der Waals surface area contributed by atoms with Gasteiger partial charge in [-0.2, -0.15) is 0 Å². The van der Waals surface area contributed by atoms with Crippen molar-refractivity contribution >= 4 is 5.91 Å². The van der Waals surface area contributed by atoms with Gasteiger partial charge in [0.1, 0.15) is 5.75 Å². The summed E-state index contributed by atoms with van der Waals surface area (Å²) in [5.74, 6) is 0.728. The lowest BCUT2D eigenvalue weighted by atomic mass is 10.1. The molecular weight excluding hydrogens is 238 g/mol. The zero-order valence-electron chi connectivity index (χ0n) is 12.3. The molecule has 3 nitrogen and oxygen atoms in total.